The van der Waals surface area contributed by atoms with Crippen molar-refractivity contribution in [3.8, 4) is 11.1 Å². The molecule has 2 aromatic carbocycles. The molecule has 0 atom stereocenters. The number of hydrogen-bond acceptors (Lipinski definition) is 4. The zero-order chi connectivity index (χ0) is 20.6. The molecule has 0 unspecified atom stereocenters. The first-order valence-corrected chi connectivity index (χ1v) is 9.64. The molecule has 5 nitrogen and oxygen atoms in total. The standard InChI is InChI=1S/C20H15F3N4OS/c1-12-2-6-14(7-3-12)16-10-24-27-17(16)25-18(26-19(27)28)29-11-13-4-8-15(9-5-13)20(21,22)23/h2-10H,11H2,1H3,(H,25,26,28). The summed E-state index contributed by atoms with van der Waals surface area (Å²) in [5, 5.41) is 4.48. The molecule has 148 valence electrons. The molecule has 2 aromatic heterocycles. The fourth-order valence-corrected chi connectivity index (χ4v) is 3.62. The van der Waals surface area contributed by atoms with Gasteiger partial charge >= 0.3 is 11.9 Å². The van der Waals surface area contributed by atoms with E-state index < -0.39 is 17.4 Å². The predicted octanol–water partition coefficient (Wildman–Crippen LogP) is 4.70. The lowest BCUT2D eigenvalue weighted by molar-refractivity contribution is -0.137. The first-order valence-electron chi connectivity index (χ1n) is 8.65. The number of halogens is 3. The summed E-state index contributed by atoms with van der Waals surface area (Å²) in [6.07, 6.45) is -2.77. The molecule has 0 fully saturated rings. The smallest absolute Gasteiger partial charge is 0.285 e. The molecular formula is C20H15F3N4OS. The summed E-state index contributed by atoms with van der Waals surface area (Å²) in [5.74, 6) is 0.366. The van der Waals surface area contributed by atoms with Gasteiger partial charge in [0.05, 0.1) is 11.8 Å². The van der Waals surface area contributed by atoms with Crippen molar-refractivity contribution in [2.24, 2.45) is 0 Å². The highest BCUT2D eigenvalue weighted by molar-refractivity contribution is 7.98. The number of thioether (sulfide) groups is 1. The van der Waals surface area contributed by atoms with Gasteiger partial charge in [-0.1, -0.05) is 53.7 Å². The number of rotatable bonds is 4. The van der Waals surface area contributed by atoms with Crippen LogP contribution in [0.2, 0.25) is 0 Å². The van der Waals surface area contributed by atoms with Crippen molar-refractivity contribution in [1.82, 2.24) is 19.6 Å². The normalized spacial score (nSPS) is 11.9. The van der Waals surface area contributed by atoms with Crippen molar-refractivity contribution in [2.75, 3.05) is 0 Å². The lowest BCUT2D eigenvalue weighted by Gasteiger charge is -2.07. The third-order valence-electron chi connectivity index (χ3n) is 4.38. The SMILES string of the molecule is Cc1ccc(-c2cnn3c(=O)[nH]c(SCc4ccc(C(F)(F)F)cc4)nc23)cc1. The van der Waals surface area contributed by atoms with E-state index in [1.165, 1.54) is 28.4 Å². The van der Waals surface area contributed by atoms with Gasteiger partial charge < -0.3 is 0 Å². The highest BCUT2D eigenvalue weighted by Gasteiger charge is 2.29. The molecule has 1 N–H and O–H groups in total. The summed E-state index contributed by atoms with van der Waals surface area (Å²) in [6.45, 7) is 1.98. The maximum atomic E-state index is 12.7. The van der Waals surface area contributed by atoms with E-state index in [4.69, 9.17) is 0 Å². The number of nitrogens with one attached hydrogen (secondary N) is 1. The summed E-state index contributed by atoms with van der Waals surface area (Å²) in [4.78, 5) is 19.5. The van der Waals surface area contributed by atoms with Gasteiger partial charge in [0, 0.05) is 11.3 Å². The molecule has 0 aliphatic rings. The molecule has 9 heteroatoms. The largest absolute Gasteiger partial charge is 0.416 e. The van der Waals surface area contributed by atoms with Crippen LogP contribution in [-0.4, -0.2) is 19.6 Å². The molecule has 0 saturated carbocycles. The van der Waals surface area contributed by atoms with Gasteiger partial charge in [0.2, 0.25) is 0 Å². The van der Waals surface area contributed by atoms with Gasteiger partial charge in [-0.05, 0) is 30.2 Å². The number of aryl methyl sites for hydroxylation is 1. The minimum atomic E-state index is -4.36. The van der Waals surface area contributed by atoms with E-state index in [0.29, 0.717) is 22.1 Å². The quantitative estimate of drug-likeness (QED) is 0.490. The van der Waals surface area contributed by atoms with Gasteiger partial charge in [-0.2, -0.15) is 22.8 Å². The van der Waals surface area contributed by atoms with Crippen LogP contribution >= 0.6 is 11.8 Å². The maximum Gasteiger partial charge on any atom is 0.416 e. The molecular weight excluding hydrogens is 401 g/mol. The van der Waals surface area contributed by atoms with Crippen LogP contribution in [0.15, 0.2) is 64.7 Å². The number of nitrogens with zero attached hydrogens (tertiary/aromatic N) is 3. The zero-order valence-electron chi connectivity index (χ0n) is 15.2. The van der Waals surface area contributed by atoms with Crippen molar-refractivity contribution in [1.29, 1.82) is 0 Å². The Morgan fingerprint density at radius 2 is 1.76 bits per heavy atom. The second kappa shape index (κ2) is 7.40. The molecule has 0 aliphatic heterocycles. The monoisotopic (exact) mass is 416 g/mol. The van der Waals surface area contributed by atoms with E-state index in [1.54, 1.807) is 6.20 Å². The Kier molecular flexibility index (Phi) is 4.91. The summed E-state index contributed by atoms with van der Waals surface area (Å²) in [5.41, 5.74) is 2.73. The fourth-order valence-electron chi connectivity index (χ4n) is 2.81. The zero-order valence-corrected chi connectivity index (χ0v) is 16.0. The Labute approximate surface area is 167 Å². The van der Waals surface area contributed by atoms with Crippen molar-refractivity contribution in [2.45, 2.75) is 24.0 Å². The van der Waals surface area contributed by atoms with E-state index in [0.717, 1.165) is 28.8 Å². The number of aromatic nitrogens is 4. The lowest BCUT2D eigenvalue weighted by Crippen LogP contribution is -2.19. The van der Waals surface area contributed by atoms with E-state index in [2.05, 4.69) is 15.1 Å². The molecule has 0 bridgehead atoms. The van der Waals surface area contributed by atoms with Crippen LogP contribution < -0.4 is 5.69 Å². The Morgan fingerprint density at radius 1 is 1.07 bits per heavy atom. The third kappa shape index (κ3) is 4.04. The van der Waals surface area contributed by atoms with Gasteiger partial charge in [-0.25, -0.2) is 9.78 Å². The number of alkyl halides is 3. The molecule has 0 saturated heterocycles. The average molecular weight is 416 g/mol. The maximum absolute atomic E-state index is 12.7. The highest BCUT2D eigenvalue weighted by Crippen LogP contribution is 2.30. The fraction of sp³-hybridized carbons (Fsp3) is 0.150. The van der Waals surface area contributed by atoms with Gasteiger partial charge in [0.15, 0.2) is 10.8 Å². The van der Waals surface area contributed by atoms with Crippen LogP contribution in [0.3, 0.4) is 0 Å². The minimum absolute atomic E-state index is 0.366. The van der Waals surface area contributed by atoms with Crippen LogP contribution in [0.5, 0.6) is 0 Å². The molecule has 0 radical (unpaired) electrons. The average Bonchev–Trinajstić information content (AvgIpc) is 3.11. The number of H-pyrrole nitrogens is 1. The van der Waals surface area contributed by atoms with Crippen LogP contribution in [0, 0.1) is 6.92 Å². The molecule has 4 aromatic rings. The number of hydrogen-bond donors (Lipinski definition) is 1. The Morgan fingerprint density at radius 3 is 2.41 bits per heavy atom. The van der Waals surface area contributed by atoms with E-state index >= 15 is 0 Å². The molecule has 0 amide bonds. The van der Waals surface area contributed by atoms with Crippen molar-refractivity contribution in [3.05, 3.63) is 81.9 Å². The molecule has 0 aliphatic carbocycles. The summed E-state index contributed by atoms with van der Waals surface area (Å²) >= 11 is 1.24. The lowest BCUT2D eigenvalue weighted by atomic mass is 10.1. The first kappa shape index (κ1) is 19.3. The second-order valence-corrected chi connectivity index (χ2v) is 7.45. The Hall–Kier alpha value is -3.07. The van der Waals surface area contributed by atoms with Gasteiger partial charge in [-0.15, -0.1) is 0 Å². The summed E-state index contributed by atoms with van der Waals surface area (Å²) in [6, 6.07) is 12.7. The van der Waals surface area contributed by atoms with E-state index in [1.807, 2.05) is 31.2 Å². The molecule has 29 heavy (non-hydrogen) atoms. The minimum Gasteiger partial charge on any atom is -0.285 e. The van der Waals surface area contributed by atoms with Crippen LogP contribution in [0.1, 0.15) is 16.7 Å². The van der Waals surface area contributed by atoms with E-state index in [9.17, 15) is 18.0 Å². The Bertz CT molecular complexity index is 1210. The molecule has 0 spiro atoms. The third-order valence-corrected chi connectivity index (χ3v) is 5.32. The van der Waals surface area contributed by atoms with Crippen LogP contribution in [0.4, 0.5) is 13.2 Å². The van der Waals surface area contributed by atoms with Crippen molar-refractivity contribution < 1.29 is 13.2 Å². The topological polar surface area (TPSA) is 63.1 Å². The van der Waals surface area contributed by atoms with Crippen molar-refractivity contribution in [3.63, 3.8) is 0 Å². The number of fused-ring (bicyclic) bond motifs is 1. The van der Waals surface area contributed by atoms with Crippen LogP contribution in [0.25, 0.3) is 16.8 Å². The van der Waals surface area contributed by atoms with Gasteiger partial charge in [0.1, 0.15) is 0 Å². The van der Waals surface area contributed by atoms with Crippen LogP contribution in [-0.2, 0) is 11.9 Å². The first-order chi connectivity index (χ1) is 13.8. The number of benzene rings is 2. The molecule has 4 rings (SSSR count). The van der Waals surface area contributed by atoms with E-state index in [-0.39, 0.29) is 0 Å². The molecule has 2 heterocycles. The van der Waals surface area contributed by atoms with Gasteiger partial charge in [-0.3, -0.25) is 4.98 Å². The second-order valence-electron chi connectivity index (χ2n) is 6.49. The summed E-state index contributed by atoms with van der Waals surface area (Å²) in [7, 11) is 0. The Balaban J connectivity index is 1.60. The highest BCUT2D eigenvalue weighted by atomic mass is 32.2. The number of aromatic amines is 1. The van der Waals surface area contributed by atoms with Gasteiger partial charge in [0.25, 0.3) is 0 Å². The van der Waals surface area contributed by atoms with Crippen molar-refractivity contribution >= 4 is 17.4 Å². The summed E-state index contributed by atoms with van der Waals surface area (Å²) < 4.78 is 39.2. The predicted molar refractivity (Wildman–Crippen MR) is 105 cm³/mol.